The van der Waals surface area contributed by atoms with Gasteiger partial charge in [0.05, 0.1) is 11.1 Å². The molecule has 0 bridgehead atoms. The lowest BCUT2D eigenvalue weighted by Crippen LogP contribution is -2.12. The number of hydrogen-bond donors (Lipinski definition) is 0. The fourth-order valence-corrected chi connectivity index (χ4v) is 2.10. The Balaban J connectivity index is 2.67. The van der Waals surface area contributed by atoms with E-state index in [9.17, 15) is 0 Å². The van der Waals surface area contributed by atoms with Gasteiger partial charge < -0.3 is 4.74 Å². The maximum absolute atomic E-state index is 5.95. The molecular formula is C10H11BrCl2O. The zero-order valence-electron chi connectivity index (χ0n) is 7.77. The Labute approximate surface area is 102 Å². The Kier molecular flexibility index (Phi) is 5.07. The van der Waals surface area contributed by atoms with E-state index >= 15 is 0 Å². The average molecular weight is 298 g/mol. The Hall–Kier alpha value is 0.0800. The van der Waals surface area contributed by atoms with Gasteiger partial charge in [0.25, 0.3) is 0 Å². The van der Waals surface area contributed by atoms with Gasteiger partial charge in [0.2, 0.25) is 0 Å². The van der Waals surface area contributed by atoms with Crippen LogP contribution in [0, 0.1) is 0 Å². The van der Waals surface area contributed by atoms with Gasteiger partial charge in [0.15, 0.2) is 0 Å². The smallest absolute Gasteiger partial charge is 0.138 e. The third-order valence-corrected chi connectivity index (χ3v) is 2.73. The fourth-order valence-electron chi connectivity index (χ4n) is 1.00. The highest BCUT2D eigenvalue weighted by Gasteiger charge is 2.06. The summed E-state index contributed by atoms with van der Waals surface area (Å²) in [4.78, 5) is 0. The van der Waals surface area contributed by atoms with Crippen molar-refractivity contribution in [2.24, 2.45) is 0 Å². The number of rotatable bonds is 4. The number of ether oxygens (including phenoxy) is 1. The van der Waals surface area contributed by atoms with Gasteiger partial charge in [0, 0.05) is 10.4 Å². The number of hydrogen-bond acceptors (Lipinski definition) is 1. The maximum Gasteiger partial charge on any atom is 0.138 e. The minimum atomic E-state index is 0.146. The molecule has 0 N–H and O–H groups in total. The van der Waals surface area contributed by atoms with Gasteiger partial charge in [0.1, 0.15) is 5.75 Å². The van der Waals surface area contributed by atoms with Crippen molar-refractivity contribution in [3.8, 4) is 5.75 Å². The van der Waals surface area contributed by atoms with E-state index in [1.165, 1.54) is 0 Å². The predicted octanol–water partition coefficient (Wildman–Crippen LogP) is 4.55. The van der Waals surface area contributed by atoms with Crippen LogP contribution in [0.3, 0.4) is 0 Å². The summed E-state index contributed by atoms with van der Waals surface area (Å²) < 4.78 is 5.62. The molecule has 0 fully saturated rings. The molecule has 1 unspecified atom stereocenters. The van der Waals surface area contributed by atoms with E-state index in [1.807, 2.05) is 6.92 Å². The van der Waals surface area contributed by atoms with Crippen molar-refractivity contribution in [1.82, 2.24) is 0 Å². The topological polar surface area (TPSA) is 9.23 Å². The molecule has 1 atom stereocenters. The van der Waals surface area contributed by atoms with E-state index in [2.05, 4.69) is 15.9 Å². The van der Waals surface area contributed by atoms with Crippen LogP contribution in [0.25, 0.3) is 0 Å². The zero-order chi connectivity index (χ0) is 10.6. The second-order valence-electron chi connectivity index (χ2n) is 2.98. The normalized spacial score (nSPS) is 12.6. The van der Waals surface area contributed by atoms with Gasteiger partial charge in [-0.25, -0.2) is 0 Å². The highest BCUT2D eigenvalue weighted by atomic mass is 79.9. The molecule has 0 amide bonds. The van der Waals surface area contributed by atoms with Crippen LogP contribution >= 0.6 is 39.1 Å². The van der Waals surface area contributed by atoms with Crippen LogP contribution in [0.2, 0.25) is 10.0 Å². The molecule has 0 aliphatic heterocycles. The molecule has 0 saturated carbocycles. The van der Waals surface area contributed by atoms with Gasteiger partial charge >= 0.3 is 0 Å². The molecule has 0 aliphatic carbocycles. The molecule has 0 heterocycles. The first-order valence-corrected chi connectivity index (χ1v) is 6.19. The Morgan fingerprint density at radius 2 is 2.14 bits per heavy atom. The van der Waals surface area contributed by atoms with Crippen LogP contribution in [0.1, 0.15) is 13.3 Å². The third kappa shape index (κ3) is 3.68. The zero-order valence-corrected chi connectivity index (χ0v) is 10.9. The molecule has 14 heavy (non-hydrogen) atoms. The van der Waals surface area contributed by atoms with Crippen molar-refractivity contribution in [2.75, 3.05) is 5.33 Å². The molecule has 78 valence electrons. The van der Waals surface area contributed by atoms with E-state index in [4.69, 9.17) is 27.9 Å². The summed E-state index contributed by atoms with van der Waals surface area (Å²) in [5, 5.41) is 2.09. The third-order valence-electron chi connectivity index (χ3n) is 1.74. The predicted molar refractivity (Wildman–Crippen MR) is 65.0 cm³/mol. The van der Waals surface area contributed by atoms with Gasteiger partial charge in [-0.05, 0) is 31.5 Å². The van der Waals surface area contributed by atoms with Crippen molar-refractivity contribution in [3.63, 3.8) is 0 Å². The molecule has 1 aromatic carbocycles. The Bertz CT molecular complexity index is 304. The van der Waals surface area contributed by atoms with Crippen LogP contribution in [-0.2, 0) is 0 Å². The van der Waals surface area contributed by atoms with Gasteiger partial charge in [-0.1, -0.05) is 39.1 Å². The van der Waals surface area contributed by atoms with Gasteiger partial charge in [-0.15, -0.1) is 0 Å². The standard InChI is InChI=1S/C10H11BrCl2O/c1-7(4-5-11)14-10-3-2-8(12)6-9(10)13/h2-3,6-7H,4-5H2,1H3. The first-order chi connectivity index (χ1) is 6.63. The number of benzene rings is 1. The molecule has 0 aromatic heterocycles. The second-order valence-corrected chi connectivity index (χ2v) is 4.62. The summed E-state index contributed by atoms with van der Waals surface area (Å²) in [5.74, 6) is 0.685. The molecule has 0 saturated heterocycles. The highest BCUT2D eigenvalue weighted by Crippen LogP contribution is 2.28. The van der Waals surface area contributed by atoms with Crippen LogP contribution in [0.4, 0.5) is 0 Å². The van der Waals surface area contributed by atoms with E-state index < -0.39 is 0 Å². The van der Waals surface area contributed by atoms with E-state index in [1.54, 1.807) is 18.2 Å². The monoisotopic (exact) mass is 296 g/mol. The van der Waals surface area contributed by atoms with E-state index in [0.717, 1.165) is 11.8 Å². The molecule has 0 aliphatic rings. The van der Waals surface area contributed by atoms with E-state index in [-0.39, 0.29) is 6.10 Å². The Morgan fingerprint density at radius 1 is 1.43 bits per heavy atom. The Morgan fingerprint density at radius 3 is 2.71 bits per heavy atom. The lowest BCUT2D eigenvalue weighted by molar-refractivity contribution is 0.219. The molecule has 1 rings (SSSR count). The molecular weight excluding hydrogens is 287 g/mol. The average Bonchev–Trinajstić information content (AvgIpc) is 2.10. The SMILES string of the molecule is CC(CCBr)Oc1ccc(Cl)cc1Cl. The number of halogens is 3. The summed E-state index contributed by atoms with van der Waals surface area (Å²) in [6.45, 7) is 2.01. The summed E-state index contributed by atoms with van der Waals surface area (Å²) in [6, 6.07) is 5.23. The van der Waals surface area contributed by atoms with Gasteiger partial charge in [-0.2, -0.15) is 0 Å². The quantitative estimate of drug-likeness (QED) is 0.741. The van der Waals surface area contributed by atoms with Crippen LogP contribution < -0.4 is 4.74 Å². The van der Waals surface area contributed by atoms with Crippen molar-refractivity contribution in [1.29, 1.82) is 0 Å². The fraction of sp³-hybridized carbons (Fsp3) is 0.400. The van der Waals surface area contributed by atoms with Crippen LogP contribution in [0.15, 0.2) is 18.2 Å². The van der Waals surface area contributed by atoms with Crippen molar-refractivity contribution < 1.29 is 4.74 Å². The lowest BCUT2D eigenvalue weighted by Gasteiger charge is -2.14. The van der Waals surface area contributed by atoms with Crippen molar-refractivity contribution in [2.45, 2.75) is 19.4 Å². The molecule has 0 spiro atoms. The summed E-state index contributed by atoms with van der Waals surface area (Å²) in [7, 11) is 0. The first kappa shape index (κ1) is 12.2. The van der Waals surface area contributed by atoms with Crippen LogP contribution in [-0.4, -0.2) is 11.4 Å². The largest absolute Gasteiger partial charge is 0.489 e. The van der Waals surface area contributed by atoms with Crippen molar-refractivity contribution in [3.05, 3.63) is 28.2 Å². The summed E-state index contributed by atoms with van der Waals surface area (Å²) in [6.07, 6.45) is 1.09. The molecule has 0 radical (unpaired) electrons. The molecule has 1 aromatic rings. The highest BCUT2D eigenvalue weighted by molar-refractivity contribution is 9.09. The minimum absolute atomic E-state index is 0.146. The van der Waals surface area contributed by atoms with Crippen molar-refractivity contribution >= 4 is 39.1 Å². The molecule has 1 nitrogen and oxygen atoms in total. The molecule has 4 heteroatoms. The van der Waals surface area contributed by atoms with Gasteiger partial charge in [-0.3, -0.25) is 0 Å². The minimum Gasteiger partial charge on any atom is -0.489 e. The van der Waals surface area contributed by atoms with Crippen LogP contribution in [0.5, 0.6) is 5.75 Å². The first-order valence-electron chi connectivity index (χ1n) is 4.31. The lowest BCUT2D eigenvalue weighted by atomic mass is 10.3. The summed E-state index contributed by atoms with van der Waals surface area (Å²) >= 11 is 15.1. The summed E-state index contributed by atoms with van der Waals surface area (Å²) in [5.41, 5.74) is 0. The van der Waals surface area contributed by atoms with E-state index in [0.29, 0.717) is 15.8 Å². The number of alkyl halides is 1. The second kappa shape index (κ2) is 5.84. The maximum atomic E-state index is 5.95.